The first-order chi connectivity index (χ1) is 12.3. The van der Waals surface area contributed by atoms with E-state index in [1.54, 1.807) is 13.0 Å². The van der Waals surface area contributed by atoms with Gasteiger partial charge in [0.2, 0.25) is 11.6 Å². The molecule has 144 valence electrons. The molecule has 0 aromatic heterocycles. The van der Waals surface area contributed by atoms with Gasteiger partial charge in [0.25, 0.3) is 0 Å². The van der Waals surface area contributed by atoms with Crippen LogP contribution in [0, 0.1) is 11.3 Å². The predicted molar refractivity (Wildman–Crippen MR) is 105 cm³/mol. The molecule has 0 amide bonds. The summed E-state index contributed by atoms with van der Waals surface area (Å²) in [6, 6.07) is 5.65. The van der Waals surface area contributed by atoms with Crippen LogP contribution < -0.4 is 5.73 Å². The lowest BCUT2D eigenvalue weighted by Crippen LogP contribution is -2.28. The van der Waals surface area contributed by atoms with Gasteiger partial charge in [-0.05, 0) is 55.2 Å². The van der Waals surface area contributed by atoms with Gasteiger partial charge in [0.15, 0.2) is 0 Å². The van der Waals surface area contributed by atoms with E-state index in [0.717, 1.165) is 24.0 Å². The topological polar surface area (TPSA) is 104 Å². The SMILES string of the molecule is CCC(C)C(=O)C(=O)c1cc(CCC(O)C(=N)N)ccc1C(CC)CC. The first-order valence-corrected chi connectivity index (χ1v) is 9.49. The number of aliphatic hydroxyl groups is 1. The monoisotopic (exact) mass is 360 g/mol. The van der Waals surface area contributed by atoms with Gasteiger partial charge in [-0.2, -0.15) is 0 Å². The van der Waals surface area contributed by atoms with Crippen LogP contribution in [0.3, 0.4) is 0 Å². The minimum atomic E-state index is -0.991. The highest BCUT2D eigenvalue weighted by atomic mass is 16.3. The molecular weight excluding hydrogens is 328 g/mol. The summed E-state index contributed by atoms with van der Waals surface area (Å²) in [7, 11) is 0. The molecule has 4 N–H and O–H groups in total. The average molecular weight is 360 g/mol. The summed E-state index contributed by atoms with van der Waals surface area (Å²) >= 11 is 0. The summed E-state index contributed by atoms with van der Waals surface area (Å²) in [5.41, 5.74) is 7.57. The van der Waals surface area contributed by atoms with Crippen LogP contribution in [0.4, 0.5) is 0 Å². The largest absolute Gasteiger partial charge is 0.385 e. The highest BCUT2D eigenvalue weighted by Gasteiger charge is 2.26. The van der Waals surface area contributed by atoms with Gasteiger partial charge in [0, 0.05) is 11.5 Å². The van der Waals surface area contributed by atoms with Gasteiger partial charge in [0.1, 0.15) is 11.9 Å². The molecule has 0 aliphatic rings. The first kappa shape index (κ1) is 22.0. The van der Waals surface area contributed by atoms with Gasteiger partial charge in [-0.25, -0.2) is 0 Å². The molecule has 1 rings (SSSR count). The zero-order valence-corrected chi connectivity index (χ0v) is 16.3. The van der Waals surface area contributed by atoms with E-state index in [9.17, 15) is 14.7 Å². The third kappa shape index (κ3) is 5.49. The number of carbonyl (C=O) groups is 2. The highest BCUT2D eigenvalue weighted by molar-refractivity contribution is 6.44. The van der Waals surface area contributed by atoms with E-state index < -0.39 is 11.9 Å². The fraction of sp³-hybridized carbons (Fsp3) is 0.571. The molecule has 5 nitrogen and oxygen atoms in total. The van der Waals surface area contributed by atoms with Crippen LogP contribution in [0.25, 0.3) is 0 Å². The van der Waals surface area contributed by atoms with Crippen LogP contribution in [-0.2, 0) is 11.2 Å². The van der Waals surface area contributed by atoms with E-state index in [-0.39, 0.29) is 23.5 Å². The maximum atomic E-state index is 12.8. The zero-order chi connectivity index (χ0) is 19.9. The molecule has 2 atom stereocenters. The molecule has 0 heterocycles. The Balaban J connectivity index is 3.22. The van der Waals surface area contributed by atoms with Gasteiger partial charge >= 0.3 is 0 Å². The van der Waals surface area contributed by atoms with Crippen LogP contribution in [0.5, 0.6) is 0 Å². The summed E-state index contributed by atoms with van der Waals surface area (Å²) in [5, 5.41) is 17.0. The van der Waals surface area contributed by atoms with E-state index in [1.807, 2.05) is 19.1 Å². The molecule has 0 bridgehead atoms. The van der Waals surface area contributed by atoms with Gasteiger partial charge in [-0.3, -0.25) is 15.0 Å². The van der Waals surface area contributed by atoms with Crippen molar-refractivity contribution in [2.45, 2.75) is 71.8 Å². The van der Waals surface area contributed by atoms with Crippen molar-refractivity contribution in [3.05, 3.63) is 34.9 Å². The lowest BCUT2D eigenvalue weighted by atomic mass is 9.84. The normalized spacial score (nSPS) is 13.5. The van der Waals surface area contributed by atoms with Crippen molar-refractivity contribution in [1.82, 2.24) is 0 Å². The lowest BCUT2D eigenvalue weighted by Gasteiger charge is -2.19. The van der Waals surface area contributed by atoms with E-state index in [2.05, 4.69) is 13.8 Å². The average Bonchev–Trinajstić information content (AvgIpc) is 2.65. The van der Waals surface area contributed by atoms with Crippen LogP contribution in [0.15, 0.2) is 18.2 Å². The molecule has 0 radical (unpaired) electrons. The summed E-state index contributed by atoms with van der Waals surface area (Å²) in [6.45, 7) is 7.84. The van der Waals surface area contributed by atoms with Gasteiger partial charge in [-0.15, -0.1) is 0 Å². The summed E-state index contributed by atoms with van der Waals surface area (Å²) in [6.07, 6.45) is 2.24. The van der Waals surface area contributed by atoms with E-state index >= 15 is 0 Å². The second kappa shape index (κ2) is 10.2. The van der Waals surface area contributed by atoms with Crippen molar-refractivity contribution >= 4 is 17.4 Å². The Morgan fingerprint density at radius 3 is 2.27 bits per heavy atom. The molecule has 26 heavy (non-hydrogen) atoms. The number of amidine groups is 1. The standard InChI is InChI=1S/C21H32N2O3/c1-5-13(4)19(25)20(26)17-12-14(9-11-18(24)21(22)23)8-10-16(17)15(6-2)7-3/h8,10,12-13,15,18,24H,5-7,9,11H2,1-4H3,(H3,22,23). The quantitative estimate of drug-likeness (QED) is 0.243. The summed E-state index contributed by atoms with van der Waals surface area (Å²) in [4.78, 5) is 25.3. The van der Waals surface area contributed by atoms with Crippen molar-refractivity contribution in [2.24, 2.45) is 11.7 Å². The Labute approximate surface area is 156 Å². The number of nitrogens with one attached hydrogen (secondary N) is 1. The Kier molecular flexibility index (Phi) is 8.66. The lowest BCUT2D eigenvalue weighted by molar-refractivity contribution is -0.118. The Morgan fingerprint density at radius 2 is 1.77 bits per heavy atom. The summed E-state index contributed by atoms with van der Waals surface area (Å²) in [5.74, 6) is -1.09. The number of nitrogens with two attached hydrogens (primary N) is 1. The maximum absolute atomic E-state index is 12.8. The van der Waals surface area contributed by atoms with Crippen molar-refractivity contribution in [3.8, 4) is 0 Å². The molecule has 0 fully saturated rings. The molecule has 0 saturated carbocycles. The molecule has 1 aromatic carbocycles. The number of hydrogen-bond donors (Lipinski definition) is 3. The van der Waals surface area contributed by atoms with E-state index in [4.69, 9.17) is 11.1 Å². The fourth-order valence-electron chi connectivity index (χ4n) is 3.04. The first-order valence-electron chi connectivity index (χ1n) is 9.49. The minimum absolute atomic E-state index is 0.232. The Bertz CT molecular complexity index is 651. The molecule has 1 aromatic rings. The predicted octanol–water partition coefficient (Wildman–Crippen LogP) is 3.62. The van der Waals surface area contributed by atoms with Crippen molar-refractivity contribution in [1.29, 1.82) is 5.41 Å². The fourth-order valence-corrected chi connectivity index (χ4v) is 3.04. The van der Waals surface area contributed by atoms with E-state index in [1.165, 1.54) is 0 Å². The smallest absolute Gasteiger partial charge is 0.229 e. The molecular formula is C21H32N2O3. The number of aryl methyl sites for hydroxylation is 1. The maximum Gasteiger partial charge on any atom is 0.229 e. The second-order valence-electron chi connectivity index (χ2n) is 6.95. The van der Waals surface area contributed by atoms with E-state index in [0.29, 0.717) is 24.8 Å². The van der Waals surface area contributed by atoms with Gasteiger partial charge in [-0.1, -0.05) is 39.8 Å². The van der Waals surface area contributed by atoms with Gasteiger partial charge in [0.05, 0.1) is 0 Å². The minimum Gasteiger partial charge on any atom is -0.385 e. The zero-order valence-electron chi connectivity index (χ0n) is 16.3. The molecule has 0 aliphatic carbocycles. The summed E-state index contributed by atoms with van der Waals surface area (Å²) < 4.78 is 0. The van der Waals surface area contributed by atoms with Crippen LogP contribution in [0.2, 0.25) is 0 Å². The number of ketones is 2. The van der Waals surface area contributed by atoms with Crippen LogP contribution in [-0.4, -0.2) is 28.6 Å². The molecule has 5 heteroatoms. The third-order valence-corrected chi connectivity index (χ3v) is 5.14. The molecule has 0 aliphatic heterocycles. The van der Waals surface area contributed by atoms with Crippen molar-refractivity contribution in [3.63, 3.8) is 0 Å². The van der Waals surface area contributed by atoms with Crippen molar-refractivity contribution in [2.75, 3.05) is 0 Å². The van der Waals surface area contributed by atoms with Crippen molar-refractivity contribution < 1.29 is 14.7 Å². The van der Waals surface area contributed by atoms with Gasteiger partial charge < -0.3 is 10.8 Å². The number of rotatable bonds is 11. The Hall–Kier alpha value is -2.01. The number of benzene rings is 1. The third-order valence-electron chi connectivity index (χ3n) is 5.14. The number of carbonyl (C=O) groups excluding carboxylic acids is 2. The number of aliphatic hydroxyl groups excluding tert-OH is 1. The number of hydrogen-bond acceptors (Lipinski definition) is 4. The van der Waals surface area contributed by atoms with Crippen LogP contribution >= 0.6 is 0 Å². The second-order valence-corrected chi connectivity index (χ2v) is 6.95. The molecule has 0 saturated heterocycles. The molecule has 0 spiro atoms. The van der Waals surface area contributed by atoms with Crippen LogP contribution in [0.1, 0.15) is 80.8 Å². The highest BCUT2D eigenvalue weighted by Crippen LogP contribution is 2.29. The molecule has 2 unspecified atom stereocenters. The number of Topliss-reactive ketones (excluding diaryl/α,β-unsaturated/α-hetero) is 2. The Morgan fingerprint density at radius 1 is 1.15 bits per heavy atom.